The second-order valence-corrected chi connectivity index (χ2v) is 9.59. The van der Waals surface area contributed by atoms with Crippen LogP contribution in [0.5, 0.6) is 0 Å². The second kappa shape index (κ2) is 10.3. The Balaban J connectivity index is 3.17. The molecule has 0 bridgehead atoms. The molecule has 10 nitrogen and oxygen atoms in total. The number of amides is 1. The zero-order valence-corrected chi connectivity index (χ0v) is 18.8. The van der Waals surface area contributed by atoms with E-state index in [0.29, 0.717) is 28.4 Å². The quantitative estimate of drug-likeness (QED) is 0.380. The van der Waals surface area contributed by atoms with Crippen LogP contribution in [0.25, 0.3) is 0 Å². The van der Waals surface area contributed by atoms with Crippen molar-refractivity contribution in [3.8, 4) is 0 Å². The number of aromatic nitrogens is 2. The van der Waals surface area contributed by atoms with Crippen LogP contribution < -0.4 is 5.73 Å². The minimum atomic E-state index is -4.65. The molecule has 1 aromatic heterocycles. The lowest BCUT2D eigenvalue weighted by Gasteiger charge is -2.24. The third-order valence-electron chi connectivity index (χ3n) is 3.74. The van der Waals surface area contributed by atoms with Crippen LogP contribution in [-0.2, 0) is 25.2 Å². The van der Waals surface area contributed by atoms with E-state index >= 15 is 0 Å². The van der Waals surface area contributed by atoms with Gasteiger partial charge in [0, 0.05) is 34.2 Å². The van der Waals surface area contributed by atoms with E-state index in [4.69, 9.17) is 15.5 Å². The van der Waals surface area contributed by atoms with Gasteiger partial charge in [-0.05, 0) is 13.8 Å². The number of hydrogen-bond acceptors (Lipinski definition) is 8. The van der Waals surface area contributed by atoms with E-state index in [-0.39, 0.29) is 30.5 Å². The number of hydrogen-bond donors (Lipinski definition) is 3. The smallest absolute Gasteiger partial charge is 0.383 e. The molecule has 0 saturated carbocycles. The molecule has 0 radical (unpaired) electrons. The summed E-state index contributed by atoms with van der Waals surface area (Å²) in [7, 11) is -4.65. The van der Waals surface area contributed by atoms with Crippen molar-refractivity contribution in [2.75, 3.05) is 12.3 Å². The predicted molar refractivity (Wildman–Crippen MR) is 110 cm³/mol. The van der Waals surface area contributed by atoms with Gasteiger partial charge in [0.05, 0.1) is 13.2 Å². The number of phosphoric ester groups is 1. The topological polar surface area (TPSA) is 156 Å². The molecular weight excluding hydrogens is 419 g/mol. The van der Waals surface area contributed by atoms with E-state index in [0.717, 1.165) is 11.8 Å². The first-order chi connectivity index (χ1) is 13.2. The van der Waals surface area contributed by atoms with Crippen LogP contribution in [0.4, 0.5) is 5.82 Å². The standard InChI is InChI=1S/C17H27N4O6PS/c1-11(21(10-22)9-13-8-19-12(2)20-15(13)18)14(6-7-27-28(24,25)26)29-16(23)17(3,4)5/h8,10H,6-7,9H2,1-5H3,(H2,18,19,20)(H2,24,25,26). The zero-order chi connectivity index (χ0) is 22.4. The number of phosphoric acid groups is 1. The maximum absolute atomic E-state index is 12.5. The van der Waals surface area contributed by atoms with E-state index in [1.807, 2.05) is 0 Å². The summed E-state index contributed by atoms with van der Waals surface area (Å²) < 4.78 is 15.5. The summed E-state index contributed by atoms with van der Waals surface area (Å²) in [5.74, 6) is 0.736. The predicted octanol–water partition coefficient (Wildman–Crippen LogP) is 2.36. The molecule has 0 spiro atoms. The summed E-state index contributed by atoms with van der Waals surface area (Å²) in [5.41, 5.74) is 6.21. The van der Waals surface area contributed by atoms with Gasteiger partial charge in [-0.15, -0.1) is 0 Å². The van der Waals surface area contributed by atoms with E-state index < -0.39 is 13.2 Å². The maximum atomic E-state index is 12.5. The normalized spacial score (nSPS) is 13.1. The van der Waals surface area contributed by atoms with Crippen molar-refractivity contribution in [1.82, 2.24) is 14.9 Å². The molecule has 0 aromatic carbocycles. The van der Waals surface area contributed by atoms with Crippen molar-refractivity contribution in [2.45, 2.75) is 47.6 Å². The fraction of sp³-hybridized carbons (Fsp3) is 0.529. The molecule has 0 aliphatic rings. The summed E-state index contributed by atoms with van der Waals surface area (Å²) in [6.45, 7) is 8.35. The van der Waals surface area contributed by atoms with Crippen molar-refractivity contribution in [3.05, 3.63) is 28.2 Å². The van der Waals surface area contributed by atoms with Crippen molar-refractivity contribution < 1.29 is 28.5 Å². The number of allylic oxidation sites excluding steroid dienone is 1. The van der Waals surface area contributed by atoms with Gasteiger partial charge >= 0.3 is 7.82 Å². The molecule has 29 heavy (non-hydrogen) atoms. The maximum Gasteiger partial charge on any atom is 0.469 e. The average molecular weight is 446 g/mol. The van der Waals surface area contributed by atoms with Gasteiger partial charge in [0.2, 0.25) is 6.41 Å². The first-order valence-corrected chi connectivity index (χ1v) is 11.0. The van der Waals surface area contributed by atoms with Crippen LogP contribution in [0.2, 0.25) is 0 Å². The summed E-state index contributed by atoms with van der Waals surface area (Å²) in [6.07, 6.45) is 2.14. The number of aryl methyl sites for hydroxylation is 1. The largest absolute Gasteiger partial charge is 0.469 e. The van der Waals surface area contributed by atoms with Crippen LogP contribution >= 0.6 is 19.6 Å². The first kappa shape index (κ1) is 25.3. The summed E-state index contributed by atoms with van der Waals surface area (Å²) in [5, 5.41) is -0.160. The monoisotopic (exact) mass is 446 g/mol. The molecule has 0 fully saturated rings. The average Bonchev–Trinajstić information content (AvgIpc) is 2.57. The molecule has 1 rings (SSSR count). The number of nitrogen functional groups attached to an aromatic ring is 1. The highest BCUT2D eigenvalue weighted by Gasteiger charge is 2.25. The fourth-order valence-corrected chi connectivity index (χ4v) is 3.35. The number of carbonyl (C=O) groups excluding carboxylic acids is 2. The molecule has 0 unspecified atom stereocenters. The number of nitrogens with two attached hydrogens (primary N) is 1. The van der Waals surface area contributed by atoms with E-state index in [2.05, 4.69) is 14.5 Å². The van der Waals surface area contributed by atoms with Gasteiger partial charge in [-0.3, -0.25) is 14.1 Å². The SMILES string of the molecule is CC(=C(CCOP(=O)(O)O)SC(=O)C(C)(C)C)N(C=O)Cc1cnc(C)nc1N. The van der Waals surface area contributed by atoms with Crippen LogP contribution in [-0.4, -0.2) is 42.8 Å². The third kappa shape index (κ3) is 8.63. The van der Waals surface area contributed by atoms with Gasteiger partial charge in [-0.25, -0.2) is 14.5 Å². The molecular formula is C17H27N4O6PS. The van der Waals surface area contributed by atoms with Crippen LogP contribution in [0.1, 0.15) is 45.5 Å². The lowest BCUT2D eigenvalue weighted by atomic mass is 10.00. The minimum absolute atomic E-state index is 0.0354. The molecule has 1 aromatic rings. The fourth-order valence-electron chi connectivity index (χ4n) is 2.04. The Hall–Kier alpha value is -1.78. The molecule has 1 heterocycles. The van der Waals surface area contributed by atoms with Gasteiger partial charge in [-0.2, -0.15) is 0 Å². The Bertz CT molecular complexity index is 834. The van der Waals surface area contributed by atoms with E-state index in [1.165, 1.54) is 11.1 Å². The second-order valence-electron chi connectivity index (χ2n) is 7.28. The molecule has 0 atom stereocenters. The number of carbonyl (C=O) groups is 2. The Morgan fingerprint density at radius 2 is 2.03 bits per heavy atom. The highest BCUT2D eigenvalue weighted by atomic mass is 32.2. The van der Waals surface area contributed by atoms with Crippen molar-refractivity contribution >= 4 is 36.9 Å². The van der Waals surface area contributed by atoms with Crippen LogP contribution in [0.3, 0.4) is 0 Å². The summed E-state index contributed by atoms with van der Waals surface area (Å²) in [4.78, 5) is 51.9. The Morgan fingerprint density at radius 1 is 1.41 bits per heavy atom. The van der Waals surface area contributed by atoms with E-state index in [9.17, 15) is 14.2 Å². The summed E-state index contributed by atoms with van der Waals surface area (Å²) >= 11 is 0.916. The lowest BCUT2D eigenvalue weighted by molar-refractivity contribution is -0.118. The van der Waals surface area contributed by atoms with Gasteiger partial charge in [0.15, 0.2) is 5.12 Å². The van der Waals surface area contributed by atoms with E-state index in [1.54, 1.807) is 34.6 Å². The van der Waals surface area contributed by atoms with Gasteiger partial charge in [0.1, 0.15) is 11.6 Å². The number of nitrogens with zero attached hydrogens (tertiary/aromatic N) is 3. The highest BCUT2D eigenvalue weighted by Crippen LogP contribution is 2.38. The highest BCUT2D eigenvalue weighted by molar-refractivity contribution is 8.17. The summed E-state index contributed by atoms with van der Waals surface area (Å²) in [6, 6.07) is 0. The third-order valence-corrected chi connectivity index (χ3v) is 5.80. The molecule has 0 aliphatic heterocycles. The van der Waals surface area contributed by atoms with Crippen molar-refractivity contribution in [3.63, 3.8) is 0 Å². The molecule has 1 amide bonds. The first-order valence-electron chi connectivity index (χ1n) is 8.66. The molecule has 4 N–H and O–H groups in total. The van der Waals surface area contributed by atoms with Gasteiger partial charge in [0.25, 0.3) is 0 Å². The Kier molecular flexibility index (Phi) is 8.98. The number of anilines is 1. The van der Waals surface area contributed by atoms with Crippen LogP contribution in [0, 0.1) is 12.3 Å². The number of thioether (sulfide) groups is 1. The van der Waals surface area contributed by atoms with Gasteiger partial charge in [-0.1, -0.05) is 32.5 Å². The molecule has 162 valence electrons. The number of rotatable bonds is 9. The van der Waals surface area contributed by atoms with Crippen molar-refractivity contribution in [2.24, 2.45) is 5.41 Å². The lowest BCUT2D eigenvalue weighted by Crippen LogP contribution is -2.23. The molecule has 0 saturated heterocycles. The molecule has 12 heteroatoms. The molecule has 0 aliphatic carbocycles. The Labute approximate surface area is 174 Å². The van der Waals surface area contributed by atoms with Crippen LogP contribution in [0.15, 0.2) is 16.8 Å². The van der Waals surface area contributed by atoms with Gasteiger partial charge < -0.3 is 20.4 Å². The zero-order valence-electron chi connectivity index (χ0n) is 17.1. The van der Waals surface area contributed by atoms with Crippen molar-refractivity contribution in [1.29, 1.82) is 0 Å². The minimum Gasteiger partial charge on any atom is -0.383 e. The Morgan fingerprint density at radius 3 is 2.52 bits per heavy atom.